The maximum atomic E-state index is 5.32. The Labute approximate surface area is 152 Å². The SMILES string of the molecule is CCNC(=NCc1nc(-c2ccco2)n[nH]1)N1CCSC(C(C)C)C1. The molecule has 2 N–H and O–H groups in total. The van der Waals surface area contributed by atoms with Crippen molar-refractivity contribution in [1.29, 1.82) is 0 Å². The van der Waals surface area contributed by atoms with Crippen LogP contribution in [0.5, 0.6) is 0 Å². The monoisotopic (exact) mass is 362 g/mol. The van der Waals surface area contributed by atoms with Gasteiger partial charge in [0.25, 0.3) is 0 Å². The standard InChI is InChI=1S/C17H26N6OS/c1-4-18-17(23-7-9-25-14(11-23)12(2)3)19-10-15-20-16(22-21-15)13-6-5-8-24-13/h5-6,8,12,14H,4,7,9-11H2,1-3H3,(H,18,19)(H,20,21,22). The van der Waals surface area contributed by atoms with E-state index < -0.39 is 0 Å². The van der Waals surface area contributed by atoms with Crippen molar-refractivity contribution in [3.63, 3.8) is 0 Å². The fourth-order valence-electron chi connectivity index (χ4n) is 2.73. The molecule has 1 atom stereocenters. The van der Waals surface area contributed by atoms with Crippen molar-refractivity contribution < 1.29 is 4.42 Å². The third kappa shape index (κ3) is 4.56. The summed E-state index contributed by atoms with van der Waals surface area (Å²) in [6.07, 6.45) is 1.62. The molecule has 1 unspecified atom stereocenters. The van der Waals surface area contributed by atoms with Gasteiger partial charge in [-0.05, 0) is 25.0 Å². The van der Waals surface area contributed by atoms with Gasteiger partial charge in [-0.3, -0.25) is 5.10 Å². The number of aliphatic imine (C=N–C) groups is 1. The zero-order valence-electron chi connectivity index (χ0n) is 15.0. The van der Waals surface area contributed by atoms with Crippen LogP contribution in [0.2, 0.25) is 0 Å². The number of guanidine groups is 1. The summed E-state index contributed by atoms with van der Waals surface area (Å²) in [6, 6.07) is 3.67. The van der Waals surface area contributed by atoms with E-state index in [1.54, 1.807) is 6.26 Å². The largest absolute Gasteiger partial charge is 0.461 e. The fourth-order valence-corrected chi connectivity index (χ4v) is 4.03. The second kappa shape index (κ2) is 8.42. The second-order valence-electron chi connectivity index (χ2n) is 6.35. The predicted molar refractivity (Wildman–Crippen MR) is 102 cm³/mol. The number of hydrogen-bond acceptors (Lipinski definition) is 5. The van der Waals surface area contributed by atoms with E-state index in [-0.39, 0.29) is 0 Å². The van der Waals surface area contributed by atoms with E-state index in [9.17, 15) is 0 Å². The van der Waals surface area contributed by atoms with Crippen LogP contribution in [0.3, 0.4) is 0 Å². The molecule has 3 heterocycles. The Morgan fingerprint density at radius 3 is 3.16 bits per heavy atom. The Hall–Kier alpha value is -1.96. The van der Waals surface area contributed by atoms with Gasteiger partial charge < -0.3 is 14.6 Å². The van der Waals surface area contributed by atoms with Crippen LogP contribution in [0.4, 0.5) is 0 Å². The minimum Gasteiger partial charge on any atom is -0.461 e. The van der Waals surface area contributed by atoms with Crippen LogP contribution in [0, 0.1) is 5.92 Å². The van der Waals surface area contributed by atoms with Crippen molar-refractivity contribution in [2.45, 2.75) is 32.6 Å². The average molecular weight is 363 g/mol. The minimum atomic E-state index is 0.464. The summed E-state index contributed by atoms with van der Waals surface area (Å²) in [4.78, 5) is 11.6. The Bertz CT molecular complexity index is 681. The lowest BCUT2D eigenvalue weighted by Crippen LogP contribution is -2.49. The predicted octanol–water partition coefficient (Wildman–Crippen LogP) is 2.60. The first-order chi connectivity index (χ1) is 12.2. The second-order valence-corrected chi connectivity index (χ2v) is 7.70. The van der Waals surface area contributed by atoms with Crippen molar-refractivity contribution >= 4 is 17.7 Å². The van der Waals surface area contributed by atoms with Crippen molar-refractivity contribution in [1.82, 2.24) is 25.4 Å². The number of H-pyrrole nitrogens is 1. The van der Waals surface area contributed by atoms with Crippen molar-refractivity contribution in [3.05, 3.63) is 24.2 Å². The van der Waals surface area contributed by atoms with E-state index in [1.807, 2.05) is 12.1 Å². The van der Waals surface area contributed by atoms with E-state index in [0.717, 1.165) is 37.2 Å². The number of hydrogen-bond donors (Lipinski definition) is 2. The summed E-state index contributed by atoms with van der Waals surface area (Å²) >= 11 is 2.06. The molecule has 0 radical (unpaired) electrons. The molecule has 8 heteroatoms. The molecule has 0 amide bonds. The minimum absolute atomic E-state index is 0.464. The van der Waals surface area contributed by atoms with Crippen LogP contribution in [0.1, 0.15) is 26.6 Å². The highest BCUT2D eigenvalue weighted by atomic mass is 32.2. The molecule has 25 heavy (non-hydrogen) atoms. The van der Waals surface area contributed by atoms with Gasteiger partial charge in [0.15, 0.2) is 11.7 Å². The molecule has 2 aromatic rings. The number of thioether (sulfide) groups is 1. The number of nitrogens with one attached hydrogen (secondary N) is 2. The Morgan fingerprint density at radius 1 is 1.56 bits per heavy atom. The molecule has 0 bridgehead atoms. The molecule has 1 saturated heterocycles. The van der Waals surface area contributed by atoms with Gasteiger partial charge in [0.05, 0.1) is 6.26 Å². The molecule has 7 nitrogen and oxygen atoms in total. The Balaban J connectivity index is 1.68. The van der Waals surface area contributed by atoms with Crippen LogP contribution in [0.15, 0.2) is 27.8 Å². The number of furan rings is 1. The normalized spacial score (nSPS) is 18.8. The summed E-state index contributed by atoms with van der Waals surface area (Å²) in [5, 5.41) is 11.2. The Morgan fingerprint density at radius 2 is 2.44 bits per heavy atom. The first kappa shape index (κ1) is 17.8. The lowest BCUT2D eigenvalue weighted by molar-refractivity contribution is 0.380. The first-order valence-electron chi connectivity index (χ1n) is 8.77. The van der Waals surface area contributed by atoms with Crippen LogP contribution < -0.4 is 5.32 Å². The lowest BCUT2D eigenvalue weighted by atomic mass is 10.1. The highest BCUT2D eigenvalue weighted by molar-refractivity contribution is 8.00. The summed E-state index contributed by atoms with van der Waals surface area (Å²) in [7, 11) is 0. The summed E-state index contributed by atoms with van der Waals surface area (Å²) in [5.41, 5.74) is 0. The van der Waals surface area contributed by atoms with Crippen LogP contribution >= 0.6 is 11.8 Å². The highest BCUT2D eigenvalue weighted by Crippen LogP contribution is 2.25. The molecular formula is C17H26N6OS. The zero-order valence-corrected chi connectivity index (χ0v) is 15.8. The molecule has 1 aliphatic rings. The summed E-state index contributed by atoms with van der Waals surface area (Å²) in [5.74, 6) is 4.71. The van der Waals surface area contributed by atoms with Gasteiger partial charge in [0, 0.05) is 30.6 Å². The molecule has 136 valence electrons. The Kier molecular flexibility index (Phi) is 6.01. The van der Waals surface area contributed by atoms with Crippen LogP contribution in [-0.4, -0.2) is 56.7 Å². The van der Waals surface area contributed by atoms with E-state index in [1.165, 1.54) is 0 Å². The number of nitrogens with zero attached hydrogens (tertiary/aromatic N) is 4. The topological polar surface area (TPSA) is 82.3 Å². The molecule has 2 aromatic heterocycles. The van der Waals surface area contributed by atoms with Crippen LogP contribution in [-0.2, 0) is 6.54 Å². The molecule has 0 aliphatic carbocycles. The maximum absolute atomic E-state index is 5.32. The summed E-state index contributed by atoms with van der Waals surface area (Å²) in [6.45, 7) is 10.0. The lowest BCUT2D eigenvalue weighted by Gasteiger charge is -2.36. The van der Waals surface area contributed by atoms with Crippen molar-refractivity contribution in [2.24, 2.45) is 10.9 Å². The molecular weight excluding hydrogens is 336 g/mol. The van der Waals surface area contributed by atoms with E-state index in [2.05, 4.69) is 57.9 Å². The van der Waals surface area contributed by atoms with Gasteiger partial charge in [-0.1, -0.05) is 13.8 Å². The van der Waals surface area contributed by atoms with Crippen molar-refractivity contribution in [2.75, 3.05) is 25.4 Å². The molecule has 0 aromatic carbocycles. The maximum Gasteiger partial charge on any atom is 0.216 e. The quantitative estimate of drug-likeness (QED) is 0.628. The van der Waals surface area contributed by atoms with Gasteiger partial charge in [-0.25, -0.2) is 9.98 Å². The smallest absolute Gasteiger partial charge is 0.216 e. The van der Waals surface area contributed by atoms with Gasteiger partial charge in [-0.2, -0.15) is 11.8 Å². The number of aromatic nitrogens is 3. The highest BCUT2D eigenvalue weighted by Gasteiger charge is 2.24. The van der Waals surface area contributed by atoms with Gasteiger partial charge in [-0.15, -0.1) is 5.10 Å². The van der Waals surface area contributed by atoms with E-state index in [4.69, 9.17) is 9.41 Å². The molecule has 0 spiro atoms. The van der Waals surface area contributed by atoms with Crippen molar-refractivity contribution in [3.8, 4) is 11.6 Å². The molecule has 3 rings (SSSR count). The third-order valence-corrected chi connectivity index (χ3v) is 5.66. The number of rotatable bonds is 5. The zero-order chi connectivity index (χ0) is 17.6. The molecule has 1 fully saturated rings. The summed E-state index contributed by atoms with van der Waals surface area (Å²) < 4.78 is 5.32. The van der Waals surface area contributed by atoms with Gasteiger partial charge in [0.2, 0.25) is 5.82 Å². The van der Waals surface area contributed by atoms with E-state index >= 15 is 0 Å². The van der Waals surface area contributed by atoms with Gasteiger partial charge in [0.1, 0.15) is 12.4 Å². The third-order valence-electron chi connectivity index (χ3n) is 4.12. The average Bonchev–Trinajstić information content (AvgIpc) is 3.30. The van der Waals surface area contributed by atoms with Gasteiger partial charge >= 0.3 is 0 Å². The fraction of sp³-hybridized carbons (Fsp3) is 0.588. The molecule has 1 aliphatic heterocycles. The number of aromatic amines is 1. The molecule has 0 saturated carbocycles. The van der Waals surface area contributed by atoms with Crippen LogP contribution in [0.25, 0.3) is 11.6 Å². The van der Waals surface area contributed by atoms with E-state index in [0.29, 0.717) is 29.3 Å². The first-order valence-corrected chi connectivity index (χ1v) is 9.82.